The Hall–Kier alpha value is -2.75. The van der Waals surface area contributed by atoms with Crippen molar-refractivity contribution >= 4 is 23.4 Å². The van der Waals surface area contributed by atoms with Gasteiger partial charge in [0, 0.05) is 23.5 Å². The predicted octanol–water partition coefficient (Wildman–Crippen LogP) is 2.93. The van der Waals surface area contributed by atoms with Crippen molar-refractivity contribution in [3.05, 3.63) is 60.2 Å². The van der Waals surface area contributed by atoms with Crippen molar-refractivity contribution in [3.63, 3.8) is 0 Å². The number of methoxy groups -OCH3 is 1. The largest absolute Gasteiger partial charge is 0.497 e. The maximum absolute atomic E-state index is 11.8. The van der Waals surface area contributed by atoms with Crippen molar-refractivity contribution in [2.24, 2.45) is 0 Å². The summed E-state index contributed by atoms with van der Waals surface area (Å²) in [5.74, 6) is 0.489. The third-order valence-electron chi connectivity index (χ3n) is 2.68. The number of carbonyl (C=O) groups excluding carboxylic acids is 1. The minimum Gasteiger partial charge on any atom is -0.497 e. The molecule has 0 heterocycles. The number of nitrogens with one attached hydrogen (secondary N) is 1. The highest BCUT2D eigenvalue weighted by Crippen LogP contribution is 2.16. The Labute approximate surface area is 117 Å². The van der Waals surface area contributed by atoms with Gasteiger partial charge in [0.2, 0.25) is 5.91 Å². The van der Waals surface area contributed by atoms with E-state index >= 15 is 0 Å². The van der Waals surface area contributed by atoms with Crippen LogP contribution in [0, 0.1) is 0 Å². The molecule has 0 aromatic heterocycles. The molecule has 1 amide bonds. The minimum atomic E-state index is -0.208. The first-order valence-electron chi connectivity index (χ1n) is 6.16. The standard InChI is InChI=1S/C16H16N2O2/c1-20-15-7-3-6-14(11-15)18-16(19)9-8-12-4-2-5-13(17)10-12/h2-11H,17H2,1H3,(H,18,19)/b9-8+. The van der Waals surface area contributed by atoms with Gasteiger partial charge in [0.15, 0.2) is 0 Å². The molecule has 4 heteroatoms. The molecule has 2 aromatic carbocycles. The smallest absolute Gasteiger partial charge is 0.248 e. The van der Waals surface area contributed by atoms with Crippen LogP contribution in [-0.4, -0.2) is 13.0 Å². The van der Waals surface area contributed by atoms with Gasteiger partial charge in [-0.3, -0.25) is 4.79 Å². The minimum absolute atomic E-state index is 0.208. The number of amides is 1. The number of hydrogen-bond acceptors (Lipinski definition) is 3. The van der Waals surface area contributed by atoms with E-state index in [1.54, 1.807) is 37.5 Å². The maximum Gasteiger partial charge on any atom is 0.248 e. The lowest BCUT2D eigenvalue weighted by Crippen LogP contribution is -2.07. The molecule has 0 radical (unpaired) electrons. The van der Waals surface area contributed by atoms with Gasteiger partial charge in [-0.2, -0.15) is 0 Å². The Kier molecular flexibility index (Phi) is 4.39. The Morgan fingerprint density at radius 1 is 1.20 bits per heavy atom. The van der Waals surface area contributed by atoms with E-state index in [4.69, 9.17) is 10.5 Å². The van der Waals surface area contributed by atoms with Gasteiger partial charge in [-0.1, -0.05) is 18.2 Å². The van der Waals surface area contributed by atoms with Crippen LogP contribution >= 0.6 is 0 Å². The van der Waals surface area contributed by atoms with Crippen molar-refractivity contribution < 1.29 is 9.53 Å². The van der Waals surface area contributed by atoms with E-state index in [0.29, 0.717) is 17.1 Å². The Balaban J connectivity index is 2.01. The number of carbonyl (C=O) groups is 1. The maximum atomic E-state index is 11.8. The summed E-state index contributed by atoms with van der Waals surface area (Å²) in [4.78, 5) is 11.8. The van der Waals surface area contributed by atoms with Crippen LogP contribution in [0.4, 0.5) is 11.4 Å². The molecule has 0 spiro atoms. The average Bonchev–Trinajstić information content (AvgIpc) is 2.45. The lowest BCUT2D eigenvalue weighted by atomic mass is 10.2. The van der Waals surface area contributed by atoms with Crippen molar-refractivity contribution in [2.75, 3.05) is 18.2 Å². The lowest BCUT2D eigenvalue weighted by molar-refractivity contribution is -0.111. The van der Waals surface area contributed by atoms with E-state index in [2.05, 4.69) is 5.32 Å². The molecule has 0 fully saturated rings. The molecule has 102 valence electrons. The highest BCUT2D eigenvalue weighted by Gasteiger charge is 1.99. The van der Waals surface area contributed by atoms with Crippen LogP contribution in [0.3, 0.4) is 0 Å². The van der Waals surface area contributed by atoms with E-state index < -0.39 is 0 Å². The molecule has 0 bridgehead atoms. The molecule has 0 aliphatic heterocycles. The molecule has 3 N–H and O–H groups in total. The van der Waals surface area contributed by atoms with Gasteiger partial charge in [0.1, 0.15) is 5.75 Å². The van der Waals surface area contributed by atoms with Crippen LogP contribution in [-0.2, 0) is 4.79 Å². The normalized spacial score (nSPS) is 10.4. The fourth-order valence-electron chi connectivity index (χ4n) is 1.72. The van der Waals surface area contributed by atoms with Crippen LogP contribution in [0.2, 0.25) is 0 Å². The van der Waals surface area contributed by atoms with E-state index in [1.165, 1.54) is 6.08 Å². The molecule has 2 rings (SSSR count). The third kappa shape index (κ3) is 3.88. The zero-order chi connectivity index (χ0) is 14.4. The second-order valence-electron chi connectivity index (χ2n) is 4.22. The molecular weight excluding hydrogens is 252 g/mol. The number of anilines is 2. The zero-order valence-corrected chi connectivity index (χ0v) is 11.2. The van der Waals surface area contributed by atoms with Gasteiger partial charge < -0.3 is 15.8 Å². The van der Waals surface area contributed by atoms with Crippen molar-refractivity contribution in [2.45, 2.75) is 0 Å². The van der Waals surface area contributed by atoms with Gasteiger partial charge in [0.05, 0.1) is 7.11 Å². The molecule has 4 nitrogen and oxygen atoms in total. The zero-order valence-electron chi connectivity index (χ0n) is 11.2. The van der Waals surface area contributed by atoms with Gasteiger partial charge in [0.25, 0.3) is 0 Å². The number of hydrogen-bond donors (Lipinski definition) is 2. The second-order valence-corrected chi connectivity index (χ2v) is 4.22. The van der Waals surface area contributed by atoms with Crippen molar-refractivity contribution in [1.29, 1.82) is 0 Å². The van der Waals surface area contributed by atoms with Gasteiger partial charge in [-0.15, -0.1) is 0 Å². The molecule has 20 heavy (non-hydrogen) atoms. The van der Waals surface area contributed by atoms with E-state index in [-0.39, 0.29) is 5.91 Å². The summed E-state index contributed by atoms with van der Waals surface area (Å²) < 4.78 is 5.10. The van der Waals surface area contributed by atoms with Gasteiger partial charge in [-0.05, 0) is 35.9 Å². The summed E-state index contributed by atoms with van der Waals surface area (Å²) >= 11 is 0. The van der Waals surface area contributed by atoms with Crippen LogP contribution in [0.1, 0.15) is 5.56 Å². The first-order chi connectivity index (χ1) is 9.67. The van der Waals surface area contributed by atoms with E-state index in [1.807, 2.05) is 24.3 Å². The molecule has 0 atom stereocenters. The van der Waals surface area contributed by atoms with Crippen LogP contribution in [0.25, 0.3) is 6.08 Å². The molecule has 0 saturated heterocycles. The summed E-state index contributed by atoms with van der Waals surface area (Å²) in [6.45, 7) is 0. The SMILES string of the molecule is COc1cccc(NC(=O)/C=C/c2cccc(N)c2)c1. The van der Waals surface area contributed by atoms with Crippen LogP contribution in [0.5, 0.6) is 5.75 Å². The molecule has 0 saturated carbocycles. The third-order valence-corrected chi connectivity index (χ3v) is 2.68. The van der Waals surface area contributed by atoms with E-state index in [0.717, 1.165) is 5.56 Å². The predicted molar refractivity (Wildman–Crippen MR) is 81.5 cm³/mol. The molecule has 0 aliphatic carbocycles. The average molecular weight is 268 g/mol. The fraction of sp³-hybridized carbons (Fsp3) is 0.0625. The van der Waals surface area contributed by atoms with Gasteiger partial charge >= 0.3 is 0 Å². The highest BCUT2D eigenvalue weighted by molar-refractivity contribution is 6.02. The summed E-state index contributed by atoms with van der Waals surface area (Å²) in [5, 5.41) is 2.76. The quantitative estimate of drug-likeness (QED) is 0.662. The number of nitrogen functional groups attached to an aromatic ring is 1. The number of ether oxygens (including phenoxy) is 1. The second kappa shape index (κ2) is 6.43. The first kappa shape index (κ1) is 13.7. The van der Waals surface area contributed by atoms with E-state index in [9.17, 15) is 4.79 Å². The number of benzene rings is 2. The fourth-order valence-corrected chi connectivity index (χ4v) is 1.72. The summed E-state index contributed by atoms with van der Waals surface area (Å²) in [6.07, 6.45) is 3.18. The molecule has 2 aromatic rings. The van der Waals surface area contributed by atoms with Crippen LogP contribution in [0.15, 0.2) is 54.6 Å². The molecule has 0 unspecified atom stereocenters. The Bertz CT molecular complexity index is 636. The molecule has 0 aliphatic rings. The van der Waals surface area contributed by atoms with Crippen LogP contribution < -0.4 is 15.8 Å². The number of rotatable bonds is 4. The topological polar surface area (TPSA) is 64.3 Å². The monoisotopic (exact) mass is 268 g/mol. The van der Waals surface area contributed by atoms with Crippen molar-refractivity contribution in [1.82, 2.24) is 0 Å². The summed E-state index contributed by atoms with van der Waals surface area (Å²) in [5.41, 5.74) is 7.91. The summed E-state index contributed by atoms with van der Waals surface area (Å²) in [7, 11) is 1.58. The Morgan fingerprint density at radius 3 is 2.75 bits per heavy atom. The number of nitrogens with two attached hydrogens (primary N) is 1. The van der Waals surface area contributed by atoms with Gasteiger partial charge in [-0.25, -0.2) is 0 Å². The Morgan fingerprint density at radius 2 is 2.00 bits per heavy atom. The molecular formula is C16H16N2O2. The highest BCUT2D eigenvalue weighted by atomic mass is 16.5. The summed E-state index contributed by atoms with van der Waals surface area (Å²) in [6, 6.07) is 14.5. The van der Waals surface area contributed by atoms with Crippen molar-refractivity contribution in [3.8, 4) is 5.75 Å². The lowest BCUT2D eigenvalue weighted by Gasteiger charge is -2.04. The first-order valence-corrected chi connectivity index (χ1v) is 6.16.